The topological polar surface area (TPSA) is 0 Å². The van der Waals surface area contributed by atoms with Gasteiger partial charge in [0, 0.05) is 5.41 Å². The predicted molar refractivity (Wildman–Crippen MR) is 136 cm³/mol. The van der Waals surface area contributed by atoms with Gasteiger partial charge in [-0.05, 0) is 85.0 Å². The maximum Gasteiger partial charge on any atom is 0.0162 e. The highest BCUT2D eigenvalue weighted by atomic mass is 14.4. The lowest BCUT2D eigenvalue weighted by Crippen LogP contribution is -2.17. The maximum atomic E-state index is 2.41. The van der Waals surface area contributed by atoms with Gasteiger partial charge in [-0.1, -0.05) is 94.8 Å². The summed E-state index contributed by atoms with van der Waals surface area (Å²) in [6.45, 7) is 16.3. The fourth-order valence-electron chi connectivity index (χ4n) is 6.17. The molecule has 0 spiro atoms. The first-order valence-electron chi connectivity index (χ1n) is 11.5. The van der Waals surface area contributed by atoms with Crippen molar-refractivity contribution >= 4 is 32.3 Å². The molecule has 0 fully saturated rings. The molecule has 6 rings (SSSR count). The van der Waals surface area contributed by atoms with Gasteiger partial charge in [0.2, 0.25) is 0 Å². The molecule has 0 N–H and O–H groups in total. The summed E-state index contributed by atoms with van der Waals surface area (Å²) in [5.74, 6) is 0. The summed E-state index contributed by atoms with van der Waals surface area (Å²) < 4.78 is 0. The van der Waals surface area contributed by atoms with E-state index in [0.717, 1.165) is 0 Å². The molecule has 5 aromatic rings. The molecule has 1 aliphatic rings. The summed E-state index contributed by atoms with van der Waals surface area (Å²) in [6, 6.07) is 21.3. The molecule has 0 radical (unpaired) electrons. The van der Waals surface area contributed by atoms with Crippen LogP contribution in [-0.4, -0.2) is 0 Å². The van der Waals surface area contributed by atoms with E-state index in [1.807, 2.05) is 0 Å². The Morgan fingerprint density at radius 1 is 0.710 bits per heavy atom. The largest absolute Gasteiger partial charge is 0.0587 e. The van der Waals surface area contributed by atoms with Gasteiger partial charge in [-0.3, -0.25) is 0 Å². The van der Waals surface area contributed by atoms with Gasteiger partial charge in [-0.25, -0.2) is 0 Å². The SMILES string of the molecule is Cc1ccc2c(c1)C(C)(C)c1c(C)c3ccc4cc(C(C)(C)C)cc5ccc(c1-2)c3c45. The Bertz CT molecular complexity index is 1520. The number of hydrogen-bond donors (Lipinski definition) is 0. The van der Waals surface area contributed by atoms with Crippen molar-refractivity contribution in [2.24, 2.45) is 0 Å². The lowest BCUT2D eigenvalue weighted by atomic mass is 9.77. The van der Waals surface area contributed by atoms with Crippen molar-refractivity contribution in [1.29, 1.82) is 0 Å². The number of hydrogen-bond acceptors (Lipinski definition) is 0. The standard InChI is InChI=1S/C31H30/c1-17-8-11-23-25(14-17)31(6,7)29-18(2)22-12-9-19-15-21(30(3,4)5)16-20-10-13-24(28(23)29)27(22)26(19)20/h8-16H,1-7H3. The van der Waals surface area contributed by atoms with Crippen molar-refractivity contribution in [2.75, 3.05) is 0 Å². The monoisotopic (exact) mass is 402 g/mol. The van der Waals surface area contributed by atoms with E-state index in [9.17, 15) is 0 Å². The van der Waals surface area contributed by atoms with Gasteiger partial charge in [-0.15, -0.1) is 0 Å². The molecule has 0 saturated heterocycles. The molecule has 0 heterocycles. The van der Waals surface area contributed by atoms with E-state index in [0.29, 0.717) is 0 Å². The summed E-state index contributed by atoms with van der Waals surface area (Å²) in [4.78, 5) is 0. The number of fused-ring (bicyclic) bond motifs is 4. The lowest BCUT2D eigenvalue weighted by molar-refractivity contribution is 0.591. The van der Waals surface area contributed by atoms with Crippen molar-refractivity contribution in [3.8, 4) is 11.1 Å². The third-order valence-electron chi connectivity index (χ3n) is 7.75. The van der Waals surface area contributed by atoms with Crippen LogP contribution in [0.2, 0.25) is 0 Å². The van der Waals surface area contributed by atoms with Crippen LogP contribution in [-0.2, 0) is 10.8 Å². The average molecular weight is 403 g/mol. The average Bonchev–Trinajstić information content (AvgIpc) is 2.94. The molecule has 0 heteroatoms. The Hall–Kier alpha value is -2.86. The molecule has 31 heavy (non-hydrogen) atoms. The quantitative estimate of drug-likeness (QED) is 0.227. The second-order valence-corrected chi connectivity index (χ2v) is 11.2. The highest BCUT2D eigenvalue weighted by Crippen LogP contribution is 2.55. The van der Waals surface area contributed by atoms with Gasteiger partial charge in [0.05, 0.1) is 0 Å². The normalized spacial score (nSPS) is 15.2. The minimum absolute atomic E-state index is 0.0185. The molecule has 0 aliphatic heterocycles. The van der Waals surface area contributed by atoms with Gasteiger partial charge in [-0.2, -0.15) is 0 Å². The van der Waals surface area contributed by atoms with Crippen LogP contribution in [0.1, 0.15) is 62.4 Å². The van der Waals surface area contributed by atoms with Crippen LogP contribution >= 0.6 is 0 Å². The van der Waals surface area contributed by atoms with Crippen LogP contribution in [0, 0.1) is 13.8 Å². The second kappa shape index (κ2) is 5.68. The van der Waals surface area contributed by atoms with E-state index in [2.05, 4.69) is 103 Å². The Labute approximate surface area is 185 Å². The van der Waals surface area contributed by atoms with E-state index < -0.39 is 0 Å². The van der Waals surface area contributed by atoms with Gasteiger partial charge in [0.15, 0.2) is 0 Å². The molecule has 0 aromatic heterocycles. The minimum Gasteiger partial charge on any atom is -0.0587 e. The molecule has 0 unspecified atom stereocenters. The van der Waals surface area contributed by atoms with Crippen molar-refractivity contribution in [3.05, 3.63) is 82.4 Å². The first kappa shape index (κ1) is 18.9. The van der Waals surface area contributed by atoms with Gasteiger partial charge in [0.1, 0.15) is 0 Å². The smallest absolute Gasteiger partial charge is 0.0162 e. The number of rotatable bonds is 0. The zero-order valence-corrected chi connectivity index (χ0v) is 19.7. The van der Waals surface area contributed by atoms with Crippen molar-refractivity contribution in [1.82, 2.24) is 0 Å². The summed E-state index contributed by atoms with van der Waals surface area (Å²) in [7, 11) is 0. The first-order chi connectivity index (χ1) is 14.6. The fraction of sp³-hybridized carbons (Fsp3) is 0.290. The Morgan fingerprint density at radius 3 is 2.00 bits per heavy atom. The van der Waals surface area contributed by atoms with Crippen molar-refractivity contribution < 1.29 is 0 Å². The zero-order chi connectivity index (χ0) is 21.9. The number of aryl methyl sites for hydroxylation is 2. The Balaban J connectivity index is 1.84. The lowest BCUT2D eigenvalue weighted by Gasteiger charge is -2.26. The second-order valence-electron chi connectivity index (χ2n) is 11.2. The highest BCUT2D eigenvalue weighted by Gasteiger charge is 2.38. The maximum absolute atomic E-state index is 2.41. The number of benzene rings is 5. The molecule has 0 nitrogen and oxygen atoms in total. The van der Waals surface area contributed by atoms with E-state index in [-0.39, 0.29) is 10.8 Å². The minimum atomic E-state index is 0.0185. The van der Waals surface area contributed by atoms with Gasteiger partial charge < -0.3 is 0 Å². The fourth-order valence-corrected chi connectivity index (χ4v) is 6.17. The third-order valence-corrected chi connectivity index (χ3v) is 7.75. The van der Waals surface area contributed by atoms with Crippen molar-refractivity contribution in [3.63, 3.8) is 0 Å². The molecule has 0 bridgehead atoms. The van der Waals surface area contributed by atoms with E-state index in [1.165, 1.54) is 71.3 Å². The molecule has 0 atom stereocenters. The van der Waals surface area contributed by atoms with Crippen LogP contribution in [0.5, 0.6) is 0 Å². The van der Waals surface area contributed by atoms with Crippen LogP contribution in [0.15, 0.2) is 54.6 Å². The van der Waals surface area contributed by atoms with Crippen LogP contribution < -0.4 is 0 Å². The molecule has 0 saturated carbocycles. The summed E-state index contributed by atoms with van der Waals surface area (Å²) >= 11 is 0. The third kappa shape index (κ3) is 2.31. The Morgan fingerprint density at radius 2 is 1.35 bits per heavy atom. The molecule has 154 valence electrons. The predicted octanol–water partition coefficient (Wildman–Crippen LogP) is 8.80. The van der Waals surface area contributed by atoms with Crippen LogP contribution in [0.3, 0.4) is 0 Å². The molecule has 5 aromatic carbocycles. The summed E-state index contributed by atoms with van der Waals surface area (Å²) in [5.41, 5.74) is 10.2. The van der Waals surface area contributed by atoms with Crippen LogP contribution in [0.25, 0.3) is 43.4 Å². The molecule has 0 amide bonds. The summed E-state index contributed by atoms with van der Waals surface area (Å²) in [6.07, 6.45) is 0. The molecular weight excluding hydrogens is 372 g/mol. The van der Waals surface area contributed by atoms with E-state index in [1.54, 1.807) is 0 Å². The highest BCUT2D eigenvalue weighted by molar-refractivity contribution is 6.27. The van der Waals surface area contributed by atoms with Gasteiger partial charge >= 0.3 is 0 Å². The van der Waals surface area contributed by atoms with Gasteiger partial charge in [0.25, 0.3) is 0 Å². The molecule has 1 aliphatic carbocycles. The van der Waals surface area contributed by atoms with E-state index >= 15 is 0 Å². The first-order valence-corrected chi connectivity index (χ1v) is 11.5. The Kier molecular flexibility index (Phi) is 3.46. The zero-order valence-electron chi connectivity index (χ0n) is 19.7. The van der Waals surface area contributed by atoms with E-state index in [4.69, 9.17) is 0 Å². The van der Waals surface area contributed by atoms with Crippen LogP contribution in [0.4, 0.5) is 0 Å². The summed E-state index contributed by atoms with van der Waals surface area (Å²) in [5, 5.41) is 8.41. The van der Waals surface area contributed by atoms with Crippen molar-refractivity contribution in [2.45, 2.75) is 59.3 Å². The molecular formula is C31H30.